The van der Waals surface area contributed by atoms with E-state index in [1.165, 1.54) is 11.0 Å². The SMILES string of the molecule is CCN1C(=O)OCCc2ccc(C(=O)O)cc21. The van der Waals surface area contributed by atoms with Crippen LogP contribution in [-0.4, -0.2) is 30.3 Å². The zero-order valence-electron chi connectivity index (χ0n) is 9.47. The average molecular weight is 235 g/mol. The van der Waals surface area contributed by atoms with Gasteiger partial charge in [0.1, 0.15) is 0 Å². The second-order valence-electron chi connectivity index (χ2n) is 3.76. The number of amides is 1. The minimum absolute atomic E-state index is 0.178. The molecule has 5 nitrogen and oxygen atoms in total. The maximum absolute atomic E-state index is 11.6. The summed E-state index contributed by atoms with van der Waals surface area (Å²) in [6.07, 6.45) is 0.186. The Labute approximate surface area is 98.6 Å². The average Bonchev–Trinajstić information content (AvgIpc) is 2.46. The number of ether oxygens (including phenoxy) is 1. The number of carbonyl (C=O) groups is 2. The van der Waals surface area contributed by atoms with Gasteiger partial charge in [0.05, 0.1) is 17.9 Å². The summed E-state index contributed by atoms with van der Waals surface area (Å²) in [7, 11) is 0. The number of cyclic esters (lactones) is 1. The molecule has 0 saturated carbocycles. The maximum Gasteiger partial charge on any atom is 0.414 e. The lowest BCUT2D eigenvalue weighted by molar-refractivity contribution is 0.0696. The highest BCUT2D eigenvalue weighted by molar-refractivity contribution is 5.93. The van der Waals surface area contributed by atoms with E-state index in [1.807, 2.05) is 6.92 Å². The summed E-state index contributed by atoms with van der Waals surface area (Å²) in [6.45, 7) is 2.60. The van der Waals surface area contributed by atoms with Gasteiger partial charge < -0.3 is 9.84 Å². The summed E-state index contributed by atoms with van der Waals surface area (Å²) in [4.78, 5) is 24.0. The minimum Gasteiger partial charge on any atom is -0.478 e. The molecule has 0 atom stereocenters. The number of benzene rings is 1. The van der Waals surface area contributed by atoms with Crippen molar-refractivity contribution in [3.63, 3.8) is 0 Å². The van der Waals surface area contributed by atoms with E-state index >= 15 is 0 Å². The molecule has 0 saturated heterocycles. The summed E-state index contributed by atoms with van der Waals surface area (Å²) < 4.78 is 5.03. The Balaban J connectivity index is 2.51. The number of carboxylic acid groups (broad SMARTS) is 1. The predicted octanol–water partition coefficient (Wildman–Crippen LogP) is 1.90. The molecule has 0 unspecified atom stereocenters. The van der Waals surface area contributed by atoms with Crippen molar-refractivity contribution in [1.29, 1.82) is 0 Å². The molecule has 0 spiro atoms. The molecule has 1 aliphatic heterocycles. The van der Waals surface area contributed by atoms with Crippen LogP contribution in [0.5, 0.6) is 0 Å². The molecule has 1 aliphatic rings. The van der Waals surface area contributed by atoms with Crippen LogP contribution in [0.2, 0.25) is 0 Å². The normalized spacial score (nSPS) is 14.9. The Morgan fingerprint density at radius 3 is 2.94 bits per heavy atom. The van der Waals surface area contributed by atoms with E-state index in [2.05, 4.69) is 0 Å². The molecular weight excluding hydrogens is 222 g/mol. The summed E-state index contributed by atoms with van der Waals surface area (Å²) in [5, 5.41) is 8.95. The highest BCUT2D eigenvalue weighted by atomic mass is 16.6. The Hall–Kier alpha value is -2.04. The van der Waals surface area contributed by atoms with E-state index in [0.29, 0.717) is 25.3 Å². The smallest absolute Gasteiger partial charge is 0.414 e. The van der Waals surface area contributed by atoms with Gasteiger partial charge in [0.25, 0.3) is 0 Å². The number of hydrogen-bond donors (Lipinski definition) is 1. The number of fused-ring (bicyclic) bond motifs is 1. The lowest BCUT2D eigenvalue weighted by atomic mass is 10.1. The monoisotopic (exact) mass is 235 g/mol. The molecule has 1 N–H and O–H groups in total. The van der Waals surface area contributed by atoms with Crippen LogP contribution in [0.15, 0.2) is 18.2 Å². The molecule has 1 amide bonds. The van der Waals surface area contributed by atoms with Crippen LogP contribution in [0.1, 0.15) is 22.8 Å². The van der Waals surface area contributed by atoms with Gasteiger partial charge in [-0.15, -0.1) is 0 Å². The van der Waals surface area contributed by atoms with Crippen molar-refractivity contribution in [1.82, 2.24) is 0 Å². The van der Waals surface area contributed by atoms with Crippen molar-refractivity contribution in [2.75, 3.05) is 18.1 Å². The molecule has 0 radical (unpaired) electrons. The van der Waals surface area contributed by atoms with Crippen molar-refractivity contribution in [3.05, 3.63) is 29.3 Å². The van der Waals surface area contributed by atoms with Gasteiger partial charge in [0.15, 0.2) is 0 Å². The molecule has 1 aromatic rings. The fourth-order valence-corrected chi connectivity index (χ4v) is 1.88. The molecule has 5 heteroatoms. The quantitative estimate of drug-likeness (QED) is 0.850. The molecule has 0 bridgehead atoms. The van der Waals surface area contributed by atoms with Crippen molar-refractivity contribution < 1.29 is 19.4 Å². The minimum atomic E-state index is -0.999. The van der Waals surface area contributed by atoms with Crippen LogP contribution in [0.3, 0.4) is 0 Å². The topological polar surface area (TPSA) is 66.8 Å². The van der Waals surface area contributed by atoms with Gasteiger partial charge in [-0.2, -0.15) is 0 Å². The number of anilines is 1. The second-order valence-corrected chi connectivity index (χ2v) is 3.76. The van der Waals surface area contributed by atoms with Gasteiger partial charge in [0.2, 0.25) is 0 Å². The molecule has 17 heavy (non-hydrogen) atoms. The zero-order valence-corrected chi connectivity index (χ0v) is 9.47. The number of carbonyl (C=O) groups excluding carboxylic acids is 1. The lowest BCUT2D eigenvalue weighted by Crippen LogP contribution is -2.30. The third kappa shape index (κ3) is 2.08. The highest BCUT2D eigenvalue weighted by Gasteiger charge is 2.23. The van der Waals surface area contributed by atoms with Crippen LogP contribution in [-0.2, 0) is 11.2 Å². The van der Waals surface area contributed by atoms with E-state index < -0.39 is 12.1 Å². The molecule has 0 fully saturated rings. The van der Waals surface area contributed by atoms with E-state index in [1.54, 1.807) is 12.1 Å². The highest BCUT2D eigenvalue weighted by Crippen LogP contribution is 2.26. The molecule has 90 valence electrons. The van der Waals surface area contributed by atoms with E-state index in [-0.39, 0.29) is 5.56 Å². The van der Waals surface area contributed by atoms with Gasteiger partial charge in [-0.1, -0.05) is 6.07 Å². The van der Waals surface area contributed by atoms with Crippen molar-refractivity contribution in [3.8, 4) is 0 Å². The number of rotatable bonds is 2. The van der Waals surface area contributed by atoms with Crippen LogP contribution in [0.4, 0.5) is 10.5 Å². The van der Waals surface area contributed by atoms with Gasteiger partial charge in [-0.3, -0.25) is 4.90 Å². The predicted molar refractivity (Wildman–Crippen MR) is 61.5 cm³/mol. The van der Waals surface area contributed by atoms with Gasteiger partial charge >= 0.3 is 12.1 Å². The van der Waals surface area contributed by atoms with Gasteiger partial charge in [-0.25, -0.2) is 9.59 Å². The number of hydrogen-bond acceptors (Lipinski definition) is 3. The molecule has 1 heterocycles. The molecule has 0 aromatic heterocycles. The number of nitrogens with zero attached hydrogens (tertiary/aromatic N) is 1. The van der Waals surface area contributed by atoms with Gasteiger partial charge in [-0.05, 0) is 24.6 Å². The largest absolute Gasteiger partial charge is 0.478 e. The third-order valence-corrected chi connectivity index (χ3v) is 2.76. The Morgan fingerprint density at radius 1 is 1.53 bits per heavy atom. The van der Waals surface area contributed by atoms with Crippen LogP contribution < -0.4 is 4.90 Å². The van der Waals surface area contributed by atoms with Crippen LogP contribution >= 0.6 is 0 Å². The van der Waals surface area contributed by atoms with Crippen LogP contribution in [0.25, 0.3) is 0 Å². The van der Waals surface area contributed by atoms with E-state index in [0.717, 1.165) is 5.56 Å². The fourth-order valence-electron chi connectivity index (χ4n) is 1.88. The number of carboxylic acids is 1. The Morgan fingerprint density at radius 2 is 2.29 bits per heavy atom. The summed E-state index contributed by atoms with van der Waals surface area (Å²) >= 11 is 0. The first-order valence-electron chi connectivity index (χ1n) is 5.44. The number of aromatic carboxylic acids is 1. The molecular formula is C12H13NO4. The van der Waals surface area contributed by atoms with E-state index in [4.69, 9.17) is 9.84 Å². The Bertz CT molecular complexity index is 470. The van der Waals surface area contributed by atoms with Gasteiger partial charge in [0, 0.05) is 13.0 Å². The summed E-state index contributed by atoms with van der Waals surface area (Å²) in [5.74, 6) is -0.999. The first-order chi connectivity index (χ1) is 8.13. The van der Waals surface area contributed by atoms with Crippen molar-refractivity contribution in [2.45, 2.75) is 13.3 Å². The molecule has 0 aliphatic carbocycles. The Kier molecular flexibility index (Phi) is 2.99. The molecule has 2 rings (SSSR count). The third-order valence-electron chi connectivity index (χ3n) is 2.76. The van der Waals surface area contributed by atoms with Crippen molar-refractivity contribution in [2.24, 2.45) is 0 Å². The summed E-state index contributed by atoms with van der Waals surface area (Å²) in [6, 6.07) is 4.81. The second kappa shape index (κ2) is 4.45. The van der Waals surface area contributed by atoms with Crippen molar-refractivity contribution >= 4 is 17.7 Å². The first kappa shape index (κ1) is 11.4. The van der Waals surface area contributed by atoms with E-state index in [9.17, 15) is 9.59 Å². The summed E-state index contributed by atoms with van der Waals surface area (Å²) in [5.41, 5.74) is 1.74. The lowest BCUT2D eigenvalue weighted by Gasteiger charge is -2.19. The van der Waals surface area contributed by atoms with Crippen LogP contribution in [0, 0.1) is 0 Å². The fraction of sp³-hybridized carbons (Fsp3) is 0.333. The maximum atomic E-state index is 11.6. The first-order valence-corrected chi connectivity index (χ1v) is 5.44. The zero-order chi connectivity index (χ0) is 12.4. The standard InChI is InChI=1S/C12H13NO4/c1-2-13-10-7-9(11(14)15)4-3-8(10)5-6-17-12(13)16/h3-4,7H,2,5-6H2,1H3,(H,14,15). The molecule has 1 aromatic carbocycles.